The van der Waals surface area contributed by atoms with Crippen molar-refractivity contribution in [3.8, 4) is 5.75 Å². The van der Waals surface area contributed by atoms with E-state index in [9.17, 15) is 14.0 Å². The van der Waals surface area contributed by atoms with Gasteiger partial charge in [0.05, 0.1) is 18.3 Å². The number of halogens is 2. The number of carboxylic acid groups (broad SMARTS) is 1. The molecule has 35 heavy (non-hydrogen) atoms. The molecule has 4 rings (SSSR count). The highest BCUT2D eigenvalue weighted by molar-refractivity contribution is 6.30. The topological polar surface area (TPSA) is 93.9 Å². The Balaban J connectivity index is 1.64. The minimum atomic E-state index is -1.14. The molecule has 10 heteroatoms. The first-order valence-corrected chi connectivity index (χ1v) is 11.5. The molecule has 0 bridgehead atoms. The Labute approximate surface area is 206 Å². The van der Waals surface area contributed by atoms with Gasteiger partial charge < -0.3 is 14.6 Å². The molecule has 184 valence electrons. The van der Waals surface area contributed by atoms with Gasteiger partial charge in [0.2, 0.25) is 0 Å². The summed E-state index contributed by atoms with van der Waals surface area (Å²) in [6.07, 6.45) is -0.127. The number of rotatable bonds is 7. The van der Waals surface area contributed by atoms with E-state index in [2.05, 4.69) is 5.10 Å². The lowest BCUT2D eigenvalue weighted by Crippen LogP contribution is -2.41. The summed E-state index contributed by atoms with van der Waals surface area (Å²) < 4.78 is 26.8. The summed E-state index contributed by atoms with van der Waals surface area (Å²) in [5, 5.41) is 13.8. The second-order valence-corrected chi connectivity index (χ2v) is 8.75. The third-order valence-corrected chi connectivity index (χ3v) is 6.05. The zero-order chi connectivity index (χ0) is 25.1. The van der Waals surface area contributed by atoms with Crippen molar-refractivity contribution in [2.75, 3.05) is 19.8 Å². The molecule has 3 aromatic rings. The first-order valence-electron chi connectivity index (χ1n) is 11.1. The van der Waals surface area contributed by atoms with Crippen molar-refractivity contribution in [3.05, 3.63) is 81.4 Å². The van der Waals surface area contributed by atoms with Crippen molar-refractivity contribution in [2.24, 2.45) is 0 Å². The molecule has 0 spiro atoms. The van der Waals surface area contributed by atoms with Crippen LogP contribution in [0.4, 0.5) is 9.18 Å². The van der Waals surface area contributed by atoms with Crippen LogP contribution in [-0.2, 0) is 22.5 Å². The van der Waals surface area contributed by atoms with Gasteiger partial charge in [-0.25, -0.2) is 14.0 Å². The summed E-state index contributed by atoms with van der Waals surface area (Å²) in [6, 6.07) is 10.4. The smallest absolute Gasteiger partial charge is 0.410 e. The Morgan fingerprint density at radius 3 is 2.69 bits per heavy atom. The van der Waals surface area contributed by atoms with Gasteiger partial charge in [0.25, 0.3) is 0 Å². The maximum absolute atomic E-state index is 14.0. The Hall–Kier alpha value is -3.59. The zero-order valence-corrected chi connectivity index (χ0v) is 20.1. The summed E-state index contributed by atoms with van der Waals surface area (Å²) in [6.45, 7) is 4.03. The maximum atomic E-state index is 14.0. The van der Waals surface area contributed by atoms with Crippen molar-refractivity contribution in [2.45, 2.75) is 32.9 Å². The van der Waals surface area contributed by atoms with Crippen LogP contribution in [0, 0.1) is 19.7 Å². The first kappa shape index (κ1) is 24.5. The average molecular weight is 502 g/mol. The number of nitrogens with zero attached hydrogens (tertiary/aromatic N) is 3. The molecular formula is C25H25ClFN3O5. The van der Waals surface area contributed by atoms with E-state index in [1.54, 1.807) is 28.9 Å². The van der Waals surface area contributed by atoms with Gasteiger partial charge in [0.1, 0.15) is 18.2 Å². The number of carbonyl (C=O) groups excluding carboxylic acids is 1. The molecule has 1 N–H and O–H groups in total. The number of hydrogen-bond acceptors (Lipinski definition) is 5. The van der Waals surface area contributed by atoms with Gasteiger partial charge >= 0.3 is 12.1 Å². The summed E-state index contributed by atoms with van der Waals surface area (Å²) in [5.74, 6) is -1.26. The molecule has 8 nitrogen and oxygen atoms in total. The van der Waals surface area contributed by atoms with Crippen LogP contribution >= 0.6 is 11.6 Å². The van der Waals surface area contributed by atoms with Crippen LogP contribution in [-0.4, -0.2) is 51.6 Å². The highest BCUT2D eigenvalue weighted by Crippen LogP contribution is 2.41. The van der Waals surface area contributed by atoms with E-state index < -0.39 is 24.7 Å². The van der Waals surface area contributed by atoms with E-state index in [0.29, 0.717) is 29.1 Å². The second kappa shape index (κ2) is 10.4. The predicted octanol–water partition coefficient (Wildman–Crippen LogP) is 4.54. The fourth-order valence-electron chi connectivity index (χ4n) is 4.34. The molecule has 2 aromatic carbocycles. The summed E-state index contributed by atoms with van der Waals surface area (Å²) in [5.41, 5.74) is 3.76. The quantitative estimate of drug-likeness (QED) is 0.511. The fraction of sp³-hybridized carbons (Fsp3) is 0.320. The van der Waals surface area contributed by atoms with Crippen molar-refractivity contribution in [1.29, 1.82) is 0 Å². The van der Waals surface area contributed by atoms with Crippen LogP contribution in [0.1, 0.15) is 34.1 Å². The molecular weight excluding hydrogens is 477 g/mol. The van der Waals surface area contributed by atoms with Crippen LogP contribution in [0.25, 0.3) is 0 Å². The second-order valence-electron chi connectivity index (χ2n) is 8.32. The predicted molar refractivity (Wildman–Crippen MR) is 126 cm³/mol. The lowest BCUT2D eigenvalue weighted by atomic mass is 9.88. The number of carboxylic acids is 1. The number of benzene rings is 2. The standard InChI is InChI=1S/C25H25ClFN3O5/c1-15-11-16(2)30(28-15)9-10-34-25(33)29-8-7-17-12-19(27)4-5-20(17)24(29)21-13-18(26)3-6-22(21)35-14-23(31)32/h3-6,11-13,24H,7-10,14H2,1-2H3,(H,31,32)/t24-/m0/s1. The zero-order valence-electron chi connectivity index (χ0n) is 19.3. The number of aryl methyl sites for hydroxylation is 2. The molecule has 0 aliphatic carbocycles. The minimum Gasteiger partial charge on any atom is -0.482 e. The van der Waals surface area contributed by atoms with Crippen molar-refractivity contribution < 1.29 is 28.6 Å². The molecule has 0 unspecified atom stereocenters. The summed E-state index contributed by atoms with van der Waals surface area (Å²) in [7, 11) is 0. The third kappa shape index (κ3) is 5.57. The summed E-state index contributed by atoms with van der Waals surface area (Å²) >= 11 is 6.27. The Morgan fingerprint density at radius 1 is 1.17 bits per heavy atom. The number of amides is 1. The normalized spacial score (nSPS) is 15.0. The third-order valence-electron chi connectivity index (χ3n) is 5.82. The number of aromatic nitrogens is 2. The largest absolute Gasteiger partial charge is 0.482 e. The molecule has 2 heterocycles. The van der Waals surface area contributed by atoms with Crippen LogP contribution < -0.4 is 4.74 Å². The van der Waals surface area contributed by atoms with Gasteiger partial charge in [-0.15, -0.1) is 0 Å². The van der Waals surface area contributed by atoms with E-state index in [4.69, 9.17) is 26.2 Å². The van der Waals surface area contributed by atoms with E-state index in [0.717, 1.165) is 17.0 Å². The number of carbonyl (C=O) groups is 2. The van der Waals surface area contributed by atoms with Crippen molar-refractivity contribution >= 4 is 23.7 Å². The number of aliphatic carboxylic acids is 1. The highest BCUT2D eigenvalue weighted by Gasteiger charge is 2.35. The number of hydrogen-bond donors (Lipinski definition) is 1. The Kier molecular flexibility index (Phi) is 7.25. The van der Waals surface area contributed by atoms with Crippen LogP contribution in [0.15, 0.2) is 42.5 Å². The first-order chi connectivity index (χ1) is 16.7. The fourth-order valence-corrected chi connectivity index (χ4v) is 4.52. The molecule has 0 fully saturated rings. The van der Waals surface area contributed by atoms with Gasteiger partial charge in [-0.1, -0.05) is 17.7 Å². The van der Waals surface area contributed by atoms with Gasteiger partial charge in [0.15, 0.2) is 6.61 Å². The van der Waals surface area contributed by atoms with Crippen molar-refractivity contribution in [1.82, 2.24) is 14.7 Å². The molecule has 1 aliphatic rings. The lowest BCUT2D eigenvalue weighted by molar-refractivity contribution is -0.139. The van der Waals surface area contributed by atoms with Gasteiger partial charge in [-0.2, -0.15) is 5.10 Å². The molecule has 1 amide bonds. The van der Waals surface area contributed by atoms with Crippen LogP contribution in [0.5, 0.6) is 5.75 Å². The molecule has 0 radical (unpaired) electrons. The number of fused-ring (bicyclic) bond motifs is 1. The average Bonchev–Trinajstić information content (AvgIpc) is 3.13. The van der Waals surface area contributed by atoms with E-state index in [1.165, 1.54) is 17.0 Å². The van der Waals surface area contributed by atoms with Gasteiger partial charge in [-0.3, -0.25) is 9.58 Å². The monoisotopic (exact) mass is 501 g/mol. The Morgan fingerprint density at radius 2 is 1.97 bits per heavy atom. The number of ether oxygens (including phenoxy) is 2. The lowest BCUT2D eigenvalue weighted by Gasteiger charge is -2.37. The highest BCUT2D eigenvalue weighted by atomic mass is 35.5. The van der Waals surface area contributed by atoms with Gasteiger partial charge in [-0.05, 0) is 67.8 Å². The van der Waals surface area contributed by atoms with Gasteiger partial charge in [0, 0.05) is 22.8 Å². The molecule has 0 saturated carbocycles. The SMILES string of the molecule is Cc1cc(C)n(CCOC(=O)N2CCc3cc(F)ccc3[C@H]2c2cc(Cl)ccc2OCC(=O)O)n1. The minimum absolute atomic E-state index is 0.109. The van der Waals surface area contributed by atoms with Crippen LogP contribution in [0.2, 0.25) is 5.02 Å². The molecule has 0 saturated heterocycles. The van der Waals surface area contributed by atoms with E-state index in [-0.39, 0.29) is 24.7 Å². The molecule has 1 aromatic heterocycles. The Bertz CT molecular complexity index is 1260. The maximum Gasteiger partial charge on any atom is 0.410 e. The van der Waals surface area contributed by atoms with Crippen LogP contribution in [0.3, 0.4) is 0 Å². The summed E-state index contributed by atoms with van der Waals surface area (Å²) in [4.78, 5) is 25.9. The van der Waals surface area contributed by atoms with E-state index in [1.807, 2.05) is 19.9 Å². The molecule has 1 atom stereocenters. The molecule has 1 aliphatic heterocycles. The van der Waals surface area contributed by atoms with Crippen molar-refractivity contribution in [3.63, 3.8) is 0 Å². The van der Waals surface area contributed by atoms with E-state index >= 15 is 0 Å².